The van der Waals surface area contributed by atoms with Crippen LogP contribution in [-0.4, -0.2) is 22.0 Å². The van der Waals surface area contributed by atoms with Gasteiger partial charge in [-0.1, -0.05) is 0 Å². The molecule has 3 heterocycles. The number of halogens is 1. The van der Waals surface area contributed by atoms with E-state index in [2.05, 4.69) is 20.3 Å². The minimum absolute atomic E-state index is 0.171. The van der Waals surface area contributed by atoms with Crippen molar-refractivity contribution in [2.45, 2.75) is 0 Å². The fraction of sp³-hybridized carbons (Fsp3) is 0.0833. The fourth-order valence-corrected chi connectivity index (χ4v) is 2.47. The van der Waals surface area contributed by atoms with Gasteiger partial charge in [-0.15, -0.1) is 11.3 Å². The van der Waals surface area contributed by atoms with Gasteiger partial charge in [-0.05, 0) is 23.6 Å². The Bertz CT molecular complexity index is 710. The van der Waals surface area contributed by atoms with Crippen molar-refractivity contribution in [3.8, 4) is 11.5 Å². The fourth-order valence-electron chi connectivity index (χ4n) is 1.70. The van der Waals surface area contributed by atoms with Gasteiger partial charge in [0.2, 0.25) is 0 Å². The molecule has 3 rings (SSSR count). The first-order valence-electron chi connectivity index (χ1n) is 5.33. The predicted molar refractivity (Wildman–Crippen MR) is 70.2 cm³/mol. The molecule has 4 nitrogen and oxygen atoms in total. The number of fused-ring (bicyclic) bond motifs is 1. The lowest BCUT2D eigenvalue weighted by Crippen LogP contribution is -1.99. The molecular weight excluding hydrogens is 251 g/mol. The van der Waals surface area contributed by atoms with Gasteiger partial charge in [0.1, 0.15) is 16.3 Å². The molecular formula is C12H9FN4S. The van der Waals surface area contributed by atoms with Gasteiger partial charge in [-0.3, -0.25) is 0 Å². The highest BCUT2D eigenvalue weighted by Crippen LogP contribution is 2.28. The van der Waals surface area contributed by atoms with Crippen LogP contribution in [0.1, 0.15) is 0 Å². The molecule has 3 aromatic heterocycles. The average Bonchev–Trinajstić information content (AvgIpc) is 2.86. The van der Waals surface area contributed by atoms with Gasteiger partial charge in [-0.25, -0.2) is 19.3 Å². The Kier molecular flexibility index (Phi) is 2.64. The lowest BCUT2D eigenvalue weighted by atomic mass is 10.3. The SMILES string of the molecule is CNc1nc(-c2ncccc2F)nc2sccc12. The number of hydrogen-bond acceptors (Lipinski definition) is 5. The first-order valence-corrected chi connectivity index (χ1v) is 6.21. The molecule has 0 amide bonds. The lowest BCUT2D eigenvalue weighted by Gasteiger charge is -2.05. The highest BCUT2D eigenvalue weighted by atomic mass is 32.1. The first-order chi connectivity index (χ1) is 8.79. The van der Waals surface area contributed by atoms with Gasteiger partial charge in [0, 0.05) is 13.2 Å². The van der Waals surface area contributed by atoms with Crippen LogP contribution < -0.4 is 5.32 Å². The van der Waals surface area contributed by atoms with Crippen LogP contribution in [0.15, 0.2) is 29.8 Å². The number of pyridine rings is 1. The van der Waals surface area contributed by atoms with Crippen LogP contribution in [-0.2, 0) is 0 Å². The summed E-state index contributed by atoms with van der Waals surface area (Å²) in [7, 11) is 1.78. The van der Waals surface area contributed by atoms with E-state index in [9.17, 15) is 4.39 Å². The molecule has 18 heavy (non-hydrogen) atoms. The Balaban J connectivity index is 2.27. The van der Waals surface area contributed by atoms with E-state index in [0.717, 1.165) is 10.2 Å². The van der Waals surface area contributed by atoms with Crippen molar-refractivity contribution >= 4 is 27.4 Å². The molecule has 3 aromatic rings. The van der Waals surface area contributed by atoms with E-state index in [0.29, 0.717) is 11.6 Å². The third-order valence-electron chi connectivity index (χ3n) is 2.53. The van der Waals surface area contributed by atoms with E-state index < -0.39 is 5.82 Å². The van der Waals surface area contributed by atoms with Crippen LogP contribution in [0.5, 0.6) is 0 Å². The van der Waals surface area contributed by atoms with Crippen LogP contribution in [0.25, 0.3) is 21.7 Å². The molecule has 0 bridgehead atoms. The third kappa shape index (κ3) is 1.70. The minimum atomic E-state index is -0.421. The van der Waals surface area contributed by atoms with E-state index >= 15 is 0 Å². The molecule has 0 aliphatic carbocycles. The third-order valence-corrected chi connectivity index (χ3v) is 3.34. The predicted octanol–water partition coefficient (Wildman–Crippen LogP) is 2.93. The van der Waals surface area contributed by atoms with Crippen molar-refractivity contribution in [1.29, 1.82) is 0 Å². The van der Waals surface area contributed by atoms with Crippen LogP contribution in [0.3, 0.4) is 0 Å². The van der Waals surface area contributed by atoms with Gasteiger partial charge in [0.25, 0.3) is 0 Å². The van der Waals surface area contributed by atoms with E-state index in [-0.39, 0.29) is 5.69 Å². The van der Waals surface area contributed by atoms with Crippen molar-refractivity contribution < 1.29 is 4.39 Å². The molecule has 0 fully saturated rings. The minimum Gasteiger partial charge on any atom is -0.372 e. The summed E-state index contributed by atoms with van der Waals surface area (Å²) < 4.78 is 13.7. The van der Waals surface area contributed by atoms with E-state index in [1.807, 2.05) is 11.4 Å². The monoisotopic (exact) mass is 260 g/mol. The Morgan fingerprint density at radius 3 is 2.94 bits per heavy atom. The summed E-state index contributed by atoms with van der Waals surface area (Å²) in [6.07, 6.45) is 1.53. The number of aromatic nitrogens is 3. The molecule has 0 radical (unpaired) electrons. The maximum atomic E-state index is 13.7. The Hall–Kier alpha value is -2.08. The highest BCUT2D eigenvalue weighted by molar-refractivity contribution is 7.16. The van der Waals surface area contributed by atoms with Gasteiger partial charge in [0.05, 0.1) is 5.39 Å². The van der Waals surface area contributed by atoms with Crippen molar-refractivity contribution in [3.05, 3.63) is 35.6 Å². The molecule has 0 unspecified atom stereocenters. The average molecular weight is 260 g/mol. The molecule has 0 saturated heterocycles. The summed E-state index contributed by atoms with van der Waals surface area (Å²) in [5.41, 5.74) is 0.171. The highest BCUT2D eigenvalue weighted by Gasteiger charge is 2.13. The van der Waals surface area contributed by atoms with Gasteiger partial charge < -0.3 is 5.32 Å². The number of thiophene rings is 1. The second-order valence-electron chi connectivity index (χ2n) is 3.62. The Morgan fingerprint density at radius 1 is 1.28 bits per heavy atom. The van der Waals surface area contributed by atoms with E-state index in [1.54, 1.807) is 13.1 Å². The number of hydrogen-bond donors (Lipinski definition) is 1. The molecule has 0 atom stereocenters. The summed E-state index contributed by atoms with van der Waals surface area (Å²) in [5.74, 6) is 0.559. The molecule has 0 aliphatic heterocycles. The quantitative estimate of drug-likeness (QED) is 0.769. The molecule has 0 spiro atoms. The zero-order chi connectivity index (χ0) is 12.5. The molecule has 0 aliphatic rings. The molecule has 90 valence electrons. The second kappa shape index (κ2) is 4.30. The van der Waals surface area contributed by atoms with Gasteiger partial charge >= 0.3 is 0 Å². The standard InChI is InChI=1S/C12H9FN4S/c1-14-10-7-4-6-18-12(7)17-11(16-10)9-8(13)3-2-5-15-9/h2-6H,1H3,(H,14,16,17). The van der Waals surface area contributed by atoms with Crippen molar-refractivity contribution in [2.24, 2.45) is 0 Å². The number of rotatable bonds is 2. The Labute approximate surface area is 107 Å². The summed E-state index contributed by atoms with van der Waals surface area (Å²) >= 11 is 1.49. The van der Waals surface area contributed by atoms with Crippen molar-refractivity contribution in [3.63, 3.8) is 0 Å². The summed E-state index contributed by atoms with van der Waals surface area (Å²) in [4.78, 5) is 13.5. The number of nitrogens with one attached hydrogen (secondary N) is 1. The van der Waals surface area contributed by atoms with Crippen molar-refractivity contribution in [1.82, 2.24) is 15.0 Å². The maximum absolute atomic E-state index is 13.7. The second-order valence-corrected chi connectivity index (χ2v) is 4.51. The first kappa shape index (κ1) is 11.0. The zero-order valence-corrected chi connectivity index (χ0v) is 10.3. The maximum Gasteiger partial charge on any atom is 0.184 e. The summed E-state index contributed by atoms with van der Waals surface area (Å²) in [6.45, 7) is 0. The molecule has 0 aromatic carbocycles. The van der Waals surface area contributed by atoms with Crippen LogP contribution in [0.4, 0.5) is 10.2 Å². The van der Waals surface area contributed by atoms with Gasteiger partial charge in [-0.2, -0.15) is 0 Å². The van der Waals surface area contributed by atoms with E-state index in [4.69, 9.17) is 0 Å². The Morgan fingerprint density at radius 2 is 2.17 bits per heavy atom. The smallest absolute Gasteiger partial charge is 0.184 e. The van der Waals surface area contributed by atoms with Crippen LogP contribution in [0.2, 0.25) is 0 Å². The largest absolute Gasteiger partial charge is 0.372 e. The summed E-state index contributed by atoms with van der Waals surface area (Å²) in [6, 6.07) is 4.83. The van der Waals surface area contributed by atoms with Crippen molar-refractivity contribution in [2.75, 3.05) is 12.4 Å². The summed E-state index contributed by atoms with van der Waals surface area (Å²) in [5, 5.41) is 5.85. The zero-order valence-electron chi connectivity index (χ0n) is 9.51. The topological polar surface area (TPSA) is 50.7 Å². The normalized spacial score (nSPS) is 10.8. The van der Waals surface area contributed by atoms with E-state index in [1.165, 1.54) is 23.6 Å². The lowest BCUT2D eigenvalue weighted by molar-refractivity contribution is 0.624. The molecule has 1 N–H and O–H groups in total. The molecule has 0 saturated carbocycles. The molecule has 6 heteroatoms. The number of anilines is 1. The number of nitrogens with zero attached hydrogens (tertiary/aromatic N) is 3. The van der Waals surface area contributed by atoms with Crippen LogP contribution in [0, 0.1) is 5.82 Å². The van der Waals surface area contributed by atoms with Gasteiger partial charge in [0.15, 0.2) is 11.6 Å². The van der Waals surface area contributed by atoms with Crippen LogP contribution >= 0.6 is 11.3 Å².